The predicted molar refractivity (Wildman–Crippen MR) is 94.9 cm³/mol. The zero-order chi connectivity index (χ0) is 18.0. The summed E-state index contributed by atoms with van der Waals surface area (Å²) in [5, 5.41) is 4.47. The van der Waals surface area contributed by atoms with Crippen LogP contribution in [0.15, 0.2) is 58.0 Å². The minimum atomic E-state index is -3.61. The largest absolute Gasteiger partial charge is 0.467 e. The van der Waals surface area contributed by atoms with Gasteiger partial charge in [-0.05, 0) is 51.1 Å². The normalized spacial score (nSPS) is 13.1. The van der Waals surface area contributed by atoms with Gasteiger partial charge in [0.15, 0.2) is 0 Å². The molecule has 0 bridgehead atoms. The van der Waals surface area contributed by atoms with E-state index in [0.29, 0.717) is 5.76 Å². The molecule has 0 aliphatic carbocycles. The Morgan fingerprint density at radius 3 is 2.44 bits per heavy atom. The Morgan fingerprint density at radius 1 is 1.16 bits per heavy atom. The molecule has 0 saturated carbocycles. The lowest BCUT2D eigenvalue weighted by molar-refractivity contribution is 0.397. The van der Waals surface area contributed by atoms with Crippen molar-refractivity contribution in [2.45, 2.75) is 31.7 Å². The monoisotopic (exact) mass is 359 g/mol. The highest BCUT2D eigenvalue weighted by molar-refractivity contribution is 7.89. The lowest BCUT2D eigenvalue weighted by atomic mass is 10.2. The highest BCUT2D eigenvalue weighted by Gasteiger charge is 2.23. The molecule has 0 spiro atoms. The van der Waals surface area contributed by atoms with Crippen molar-refractivity contribution < 1.29 is 12.8 Å². The topological polar surface area (TPSA) is 77.1 Å². The van der Waals surface area contributed by atoms with Gasteiger partial charge in [-0.15, -0.1) is 0 Å². The second-order valence-corrected chi connectivity index (χ2v) is 7.83. The zero-order valence-electron chi connectivity index (χ0n) is 14.4. The van der Waals surface area contributed by atoms with E-state index in [0.717, 1.165) is 17.0 Å². The van der Waals surface area contributed by atoms with Crippen LogP contribution in [0.1, 0.15) is 28.8 Å². The van der Waals surface area contributed by atoms with E-state index in [1.807, 2.05) is 32.9 Å². The Kier molecular flexibility index (Phi) is 4.78. The van der Waals surface area contributed by atoms with Crippen LogP contribution in [-0.4, -0.2) is 24.7 Å². The fourth-order valence-electron chi connectivity index (χ4n) is 2.74. The van der Waals surface area contributed by atoms with E-state index in [-0.39, 0.29) is 17.5 Å². The Bertz CT molecular complexity index is 942. The lowest BCUT2D eigenvalue weighted by Gasteiger charge is -2.18. The van der Waals surface area contributed by atoms with E-state index in [4.69, 9.17) is 4.42 Å². The molecule has 1 N–H and O–H groups in total. The van der Waals surface area contributed by atoms with Gasteiger partial charge in [0.25, 0.3) is 0 Å². The summed E-state index contributed by atoms with van der Waals surface area (Å²) < 4.78 is 35.1. The smallest absolute Gasteiger partial charge is 0.240 e. The molecular formula is C18H21N3O3S. The van der Waals surface area contributed by atoms with Crippen molar-refractivity contribution in [1.29, 1.82) is 0 Å². The number of furan rings is 1. The van der Waals surface area contributed by atoms with Gasteiger partial charge >= 0.3 is 0 Å². The van der Waals surface area contributed by atoms with E-state index < -0.39 is 10.0 Å². The van der Waals surface area contributed by atoms with Crippen LogP contribution in [0.25, 0.3) is 0 Å². The first kappa shape index (κ1) is 17.4. The van der Waals surface area contributed by atoms with Crippen LogP contribution in [-0.2, 0) is 10.0 Å². The van der Waals surface area contributed by atoms with Gasteiger partial charge in [-0.1, -0.05) is 17.7 Å². The maximum absolute atomic E-state index is 12.6. The van der Waals surface area contributed by atoms with Crippen molar-refractivity contribution in [3.8, 4) is 0 Å². The highest BCUT2D eigenvalue weighted by atomic mass is 32.2. The van der Waals surface area contributed by atoms with Crippen molar-refractivity contribution in [2.75, 3.05) is 6.54 Å². The first-order valence-electron chi connectivity index (χ1n) is 7.99. The number of aromatic nitrogens is 2. The first-order chi connectivity index (χ1) is 11.9. The number of benzene rings is 1. The molecule has 0 aliphatic rings. The molecule has 1 atom stereocenters. The minimum Gasteiger partial charge on any atom is -0.467 e. The van der Waals surface area contributed by atoms with E-state index in [2.05, 4.69) is 9.82 Å². The van der Waals surface area contributed by atoms with Gasteiger partial charge in [-0.3, -0.25) is 4.68 Å². The SMILES string of the molecule is Cc1ccc(S(=O)(=O)NCC(c2ccco2)n2nc(C)cc2C)cc1. The third kappa shape index (κ3) is 3.83. The molecule has 0 amide bonds. The molecule has 2 aromatic heterocycles. The van der Waals surface area contributed by atoms with Crippen LogP contribution in [0, 0.1) is 20.8 Å². The van der Waals surface area contributed by atoms with Crippen LogP contribution in [0.2, 0.25) is 0 Å². The summed E-state index contributed by atoms with van der Waals surface area (Å²) in [5.41, 5.74) is 2.82. The van der Waals surface area contributed by atoms with Crippen molar-refractivity contribution in [3.63, 3.8) is 0 Å². The van der Waals surface area contributed by atoms with E-state index in [1.165, 1.54) is 0 Å². The van der Waals surface area contributed by atoms with Gasteiger partial charge in [0, 0.05) is 12.2 Å². The summed E-state index contributed by atoms with van der Waals surface area (Å²) in [5.74, 6) is 0.651. The number of rotatable bonds is 6. The molecule has 3 aromatic rings. The molecule has 7 heteroatoms. The Morgan fingerprint density at radius 2 is 1.88 bits per heavy atom. The summed E-state index contributed by atoms with van der Waals surface area (Å²) in [7, 11) is -3.61. The van der Waals surface area contributed by atoms with Crippen molar-refractivity contribution >= 4 is 10.0 Å². The summed E-state index contributed by atoms with van der Waals surface area (Å²) in [4.78, 5) is 0.240. The number of nitrogens with zero attached hydrogens (tertiary/aromatic N) is 2. The standard InChI is InChI=1S/C18H21N3O3S/c1-13-6-8-16(9-7-13)25(22,23)19-12-17(18-5-4-10-24-18)21-15(3)11-14(2)20-21/h4-11,17,19H,12H2,1-3H3. The average molecular weight is 359 g/mol. The molecule has 132 valence electrons. The summed E-state index contributed by atoms with van der Waals surface area (Å²) in [6, 6.07) is 11.9. The molecule has 0 aliphatic heterocycles. The van der Waals surface area contributed by atoms with Crippen LogP contribution in [0.5, 0.6) is 0 Å². The summed E-state index contributed by atoms with van der Waals surface area (Å²) >= 11 is 0. The number of sulfonamides is 1. The van der Waals surface area contributed by atoms with Gasteiger partial charge in [-0.2, -0.15) is 5.10 Å². The molecule has 3 rings (SSSR count). The van der Waals surface area contributed by atoms with Gasteiger partial charge in [0.05, 0.1) is 16.9 Å². The maximum Gasteiger partial charge on any atom is 0.240 e. The number of hydrogen-bond acceptors (Lipinski definition) is 4. The van der Waals surface area contributed by atoms with E-state index in [9.17, 15) is 8.42 Å². The Labute approximate surface area is 147 Å². The van der Waals surface area contributed by atoms with Crippen LogP contribution < -0.4 is 4.72 Å². The maximum atomic E-state index is 12.6. The second kappa shape index (κ2) is 6.85. The van der Waals surface area contributed by atoms with Crippen molar-refractivity contribution in [3.05, 3.63) is 71.4 Å². The second-order valence-electron chi connectivity index (χ2n) is 6.07. The van der Waals surface area contributed by atoms with Gasteiger partial charge in [-0.25, -0.2) is 13.1 Å². The predicted octanol–water partition coefficient (Wildman–Crippen LogP) is 2.97. The summed E-state index contributed by atoms with van der Waals surface area (Å²) in [6.45, 7) is 5.90. The molecule has 0 saturated heterocycles. The third-order valence-electron chi connectivity index (χ3n) is 4.01. The van der Waals surface area contributed by atoms with Gasteiger partial charge in [0.1, 0.15) is 11.8 Å². The highest BCUT2D eigenvalue weighted by Crippen LogP contribution is 2.21. The molecular weight excluding hydrogens is 338 g/mol. The molecule has 6 nitrogen and oxygen atoms in total. The molecule has 25 heavy (non-hydrogen) atoms. The van der Waals surface area contributed by atoms with Crippen LogP contribution >= 0.6 is 0 Å². The van der Waals surface area contributed by atoms with Crippen LogP contribution in [0.4, 0.5) is 0 Å². The number of hydrogen-bond donors (Lipinski definition) is 1. The molecule has 2 heterocycles. The third-order valence-corrected chi connectivity index (χ3v) is 5.45. The Balaban J connectivity index is 1.86. The Hall–Kier alpha value is -2.38. The number of nitrogens with one attached hydrogen (secondary N) is 1. The summed E-state index contributed by atoms with van der Waals surface area (Å²) in [6.07, 6.45) is 1.57. The van der Waals surface area contributed by atoms with E-state index in [1.54, 1.807) is 41.3 Å². The van der Waals surface area contributed by atoms with Crippen molar-refractivity contribution in [1.82, 2.24) is 14.5 Å². The number of aryl methyl sites for hydroxylation is 3. The van der Waals surface area contributed by atoms with Gasteiger partial charge < -0.3 is 4.42 Å². The quantitative estimate of drug-likeness (QED) is 0.734. The first-order valence-corrected chi connectivity index (χ1v) is 9.47. The van der Waals surface area contributed by atoms with Gasteiger partial charge in [0.2, 0.25) is 10.0 Å². The zero-order valence-corrected chi connectivity index (χ0v) is 15.2. The molecule has 1 unspecified atom stereocenters. The molecule has 0 fully saturated rings. The fourth-order valence-corrected chi connectivity index (χ4v) is 3.78. The molecule has 0 radical (unpaired) electrons. The fraction of sp³-hybridized carbons (Fsp3) is 0.278. The van der Waals surface area contributed by atoms with Crippen LogP contribution in [0.3, 0.4) is 0 Å². The molecule has 1 aromatic carbocycles. The average Bonchev–Trinajstić information content (AvgIpc) is 3.18. The van der Waals surface area contributed by atoms with E-state index >= 15 is 0 Å². The minimum absolute atomic E-state index is 0.145. The van der Waals surface area contributed by atoms with Crippen molar-refractivity contribution in [2.24, 2.45) is 0 Å². The lowest BCUT2D eigenvalue weighted by Crippen LogP contribution is -2.32.